The highest BCUT2D eigenvalue weighted by molar-refractivity contribution is 7.97. The van der Waals surface area contributed by atoms with Crippen LogP contribution in [0.4, 0.5) is 0 Å². The van der Waals surface area contributed by atoms with Gasteiger partial charge in [-0.15, -0.1) is 0 Å². The Morgan fingerprint density at radius 1 is 1.00 bits per heavy atom. The predicted molar refractivity (Wildman–Crippen MR) is 67.5 cm³/mol. The van der Waals surface area contributed by atoms with Crippen LogP contribution in [-0.4, -0.2) is 34.6 Å². The molecule has 1 aliphatic rings. The largest absolute Gasteiger partial charge is 0.488 e. The highest BCUT2D eigenvalue weighted by Crippen LogP contribution is 2.25. The summed E-state index contributed by atoms with van der Waals surface area (Å²) in [6, 6.07) is 7.40. The Morgan fingerprint density at radius 3 is 2.19 bits per heavy atom. The first-order valence-corrected chi connectivity index (χ1v) is 6.42. The van der Waals surface area contributed by atoms with E-state index in [-0.39, 0.29) is 0 Å². The molecule has 0 bridgehead atoms. The summed E-state index contributed by atoms with van der Waals surface area (Å²) in [4.78, 5) is 1.16. The van der Waals surface area contributed by atoms with E-state index >= 15 is 0 Å². The summed E-state index contributed by atoms with van der Waals surface area (Å²) < 4.78 is 2.37. The summed E-state index contributed by atoms with van der Waals surface area (Å²) in [7, 11) is -1.37. The molecule has 0 radical (unpaired) electrons. The lowest BCUT2D eigenvalue weighted by Crippen LogP contribution is -2.29. The maximum atomic E-state index is 8.97. The maximum absolute atomic E-state index is 8.97. The zero-order valence-electron chi connectivity index (χ0n) is 9.17. The molecule has 0 saturated carbocycles. The maximum Gasteiger partial charge on any atom is 0.488 e. The molecule has 0 aromatic heterocycles. The molecule has 1 aliphatic heterocycles. The molecule has 1 heterocycles. The van der Waals surface area contributed by atoms with Crippen LogP contribution in [0.2, 0.25) is 0 Å². The summed E-state index contributed by atoms with van der Waals surface area (Å²) in [6.45, 7) is 2.30. The van der Waals surface area contributed by atoms with Crippen LogP contribution in [-0.2, 0) is 0 Å². The molecule has 0 spiro atoms. The molecule has 3 nitrogen and oxygen atoms in total. The van der Waals surface area contributed by atoms with Crippen molar-refractivity contribution in [3.63, 3.8) is 0 Å². The van der Waals surface area contributed by atoms with Crippen LogP contribution >= 0.6 is 11.9 Å². The summed E-state index contributed by atoms with van der Waals surface area (Å²) >= 11 is 1.76. The van der Waals surface area contributed by atoms with E-state index in [4.69, 9.17) is 10.0 Å². The molecule has 1 aromatic carbocycles. The summed E-state index contributed by atoms with van der Waals surface area (Å²) in [5, 5.41) is 17.9. The van der Waals surface area contributed by atoms with Crippen LogP contribution < -0.4 is 5.46 Å². The molecule has 2 N–H and O–H groups in total. The van der Waals surface area contributed by atoms with Crippen LogP contribution in [0.25, 0.3) is 0 Å². The monoisotopic (exact) mass is 237 g/mol. The fourth-order valence-electron chi connectivity index (χ4n) is 1.81. The van der Waals surface area contributed by atoms with Gasteiger partial charge in [0.2, 0.25) is 0 Å². The van der Waals surface area contributed by atoms with Gasteiger partial charge in [-0.3, -0.25) is 0 Å². The zero-order chi connectivity index (χ0) is 11.4. The first-order valence-electron chi connectivity index (χ1n) is 5.65. The molecule has 5 heteroatoms. The van der Waals surface area contributed by atoms with Crippen molar-refractivity contribution >= 4 is 24.5 Å². The van der Waals surface area contributed by atoms with Crippen LogP contribution in [0.15, 0.2) is 29.2 Å². The Morgan fingerprint density at radius 2 is 1.62 bits per heavy atom. The number of benzene rings is 1. The number of piperidine rings is 1. The Balaban J connectivity index is 1.93. The Labute approximate surface area is 101 Å². The summed E-state index contributed by atoms with van der Waals surface area (Å²) in [5.74, 6) is 0. The second-order valence-corrected chi connectivity index (χ2v) is 5.19. The van der Waals surface area contributed by atoms with Gasteiger partial charge < -0.3 is 10.0 Å². The molecule has 0 amide bonds. The average molecular weight is 237 g/mol. The first-order chi connectivity index (χ1) is 7.75. The highest BCUT2D eigenvalue weighted by atomic mass is 32.2. The first kappa shape index (κ1) is 12.0. The fourth-order valence-corrected chi connectivity index (χ4v) is 2.80. The molecule has 1 aromatic rings. The topological polar surface area (TPSA) is 43.7 Å². The lowest BCUT2D eigenvalue weighted by atomic mass is 9.81. The van der Waals surface area contributed by atoms with E-state index in [1.807, 2.05) is 12.1 Å². The quantitative estimate of drug-likeness (QED) is 0.604. The third kappa shape index (κ3) is 3.25. The second-order valence-electron chi connectivity index (χ2n) is 4.02. The van der Waals surface area contributed by atoms with Gasteiger partial charge in [-0.2, -0.15) is 0 Å². The number of hydrogen-bond donors (Lipinski definition) is 2. The van der Waals surface area contributed by atoms with E-state index in [0.717, 1.165) is 18.0 Å². The van der Waals surface area contributed by atoms with Crippen LogP contribution in [0.3, 0.4) is 0 Å². The molecule has 0 aliphatic carbocycles. The Hall–Kier alpha value is -0.485. The molecular weight excluding hydrogens is 221 g/mol. The van der Waals surface area contributed by atoms with Gasteiger partial charge in [0.15, 0.2) is 0 Å². The van der Waals surface area contributed by atoms with Gasteiger partial charge in [-0.25, -0.2) is 4.31 Å². The summed E-state index contributed by atoms with van der Waals surface area (Å²) in [6.07, 6.45) is 3.90. The van der Waals surface area contributed by atoms with Crippen molar-refractivity contribution in [1.29, 1.82) is 0 Å². The van der Waals surface area contributed by atoms with Gasteiger partial charge in [0.1, 0.15) is 0 Å². The van der Waals surface area contributed by atoms with Gasteiger partial charge >= 0.3 is 7.12 Å². The van der Waals surface area contributed by atoms with Crippen LogP contribution in [0.5, 0.6) is 0 Å². The normalized spacial score (nSPS) is 17.4. The third-order valence-corrected chi connectivity index (χ3v) is 3.83. The van der Waals surface area contributed by atoms with Crippen molar-refractivity contribution in [3.05, 3.63) is 24.3 Å². The molecular formula is C11H16BNO2S. The van der Waals surface area contributed by atoms with Gasteiger partial charge in [-0.1, -0.05) is 18.6 Å². The Kier molecular flexibility index (Phi) is 4.29. The van der Waals surface area contributed by atoms with Gasteiger partial charge in [0.25, 0.3) is 0 Å². The second kappa shape index (κ2) is 5.73. The lowest BCUT2D eigenvalue weighted by molar-refractivity contribution is 0.380. The molecule has 0 unspecified atom stereocenters. The van der Waals surface area contributed by atoms with E-state index in [9.17, 15) is 0 Å². The highest BCUT2D eigenvalue weighted by Gasteiger charge is 2.13. The van der Waals surface area contributed by atoms with E-state index < -0.39 is 7.12 Å². The standard InChI is InChI=1S/C11H16BNO2S/c14-12(15)10-4-6-11(7-5-10)16-13-8-2-1-3-9-13/h4-7,14-15H,1-3,8-9H2. The average Bonchev–Trinajstić information content (AvgIpc) is 2.31. The van der Waals surface area contributed by atoms with Crippen molar-refractivity contribution < 1.29 is 10.0 Å². The zero-order valence-corrected chi connectivity index (χ0v) is 9.99. The summed E-state index contributed by atoms with van der Waals surface area (Å²) in [5.41, 5.74) is 0.544. The molecule has 1 saturated heterocycles. The van der Waals surface area contributed by atoms with Gasteiger partial charge in [0.05, 0.1) is 0 Å². The van der Waals surface area contributed by atoms with Gasteiger partial charge in [-0.05, 0) is 42.4 Å². The minimum atomic E-state index is -1.37. The van der Waals surface area contributed by atoms with Crippen molar-refractivity contribution in [2.75, 3.05) is 13.1 Å². The number of nitrogens with zero attached hydrogens (tertiary/aromatic N) is 1. The number of rotatable bonds is 3. The molecule has 86 valence electrons. The fraction of sp³-hybridized carbons (Fsp3) is 0.455. The van der Waals surface area contributed by atoms with E-state index in [0.29, 0.717) is 5.46 Å². The van der Waals surface area contributed by atoms with Crippen molar-refractivity contribution in [3.8, 4) is 0 Å². The molecule has 16 heavy (non-hydrogen) atoms. The van der Waals surface area contributed by atoms with E-state index in [2.05, 4.69) is 4.31 Å². The minimum absolute atomic E-state index is 0.544. The van der Waals surface area contributed by atoms with Crippen LogP contribution in [0.1, 0.15) is 19.3 Å². The van der Waals surface area contributed by atoms with Crippen molar-refractivity contribution in [2.24, 2.45) is 0 Å². The van der Waals surface area contributed by atoms with E-state index in [1.165, 1.54) is 19.3 Å². The SMILES string of the molecule is OB(O)c1ccc(SN2CCCCC2)cc1. The number of hydrogen-bond acceptors (Lipinski definition) is 4. The van der Waals surface area contributed by atoms with Gasteiger partial charge in [0, 0.05) is 18.0 Å². The molecule has 0 atom stereocenters. The third-order valence-electron chi connectivity index (χ3n) is 2.73. The minimum Gasteiger partial charge on any atom is -0.423 e. The predicted octanol–water partition coefficient (Wildman–Crippen LogP) is 0.859. The van der Waals surface area contributed by atoms with Crippen molar-refractivity contribution in [1.82, 2.24) is 4.31 Å². The lowest BCUT2D eigenvalue weighted by Gasteiger charge is -2.25. The smallest absolute Gasteiger partial charge is 0.423 e. The van der Waals surface area contributed by atoms with Crippen molar-refractivity contribution in [2.45, 2.75) is 24.2 Å². The molecule has 2 rings (SSSR count). The van der Waals surface area contributed by atoms with E-state index in [1.54, 1.807) is 24.1 Å². The van der Waals surface area contributed by atoms with Crippen LogP contribution in [0, 0.1) is 0 Å². The molecule has 1 fully saturated rings. The Bertz CT molecular complexity index is 325.